The van der Waals surface area contributed by atoms with Crippen molar-refractivity contribution in [1.82, 2.24) is 5.43 Å². The van der Waals surface area contributed by atoms with E-state index in [1.54, 1.807) is 6.07 Å². The first kappa shape index (κ1) is 20.7. The molecule has 0 atom stereocenters. The van der Waals surface area contributed by atoms with Crippen molar-refractivity contribution in [2.45, 2.75) is 32.6 Å². The third-order valence-corrected chi connectivity index (χ3v) is 4.35. The van der Waals surface area contributed by atoms with Gasteiger partial charge < -0.3 is 4.74 Å². The Labute approximate surface area is 169 Å². The van der Waals surface area contributed by atoms with E-state index < -0.39 is 0 Å². The van der Waals surface area contributed by atoms with E-state index in [1.165, 1.54) is 11.8 Å². The number of carbonyl (C=O) groups excluding carboxylic acids is 1. The highest BCUT2D eigenvalue weighted by Crippen LogP contribution is 2.23. The lowest BCUT2D eigenvalue weighted by Crippen LogP contribution is -2.20. The number of hydrogen-bond donors (Lipinski definition) is 1. The van der Waals surface area contributed by atoms with Crippen LogP contribution in [0, 0.1) is 12.3 Å². The van der Waals surface area contributed by atoms with Crippen LogP contribution in [0.4, 0.5) is 0 Å². The van der Waals surface area contributed by atoms with Crippen molar-refractivity contribution in [3.8, 4) is 18.1 Å². The maximum atomic E-state index is 12.1. The van der Waals surface area contributed by atoms with E-state index in [0.717, 1.165) is 15.6 Å². The molecule has 0 aliphatic rings. The van der Waals surface area contributed by atoms with Gasteiger partial charge in [0.15, 0.2) is 0 Å². The molecule has 2 rings (SSSR count). The van der Waals surface area contributed by atoms with Gasteiger partial charge in [-0.15, -0.1) is 6.42 Å². The van der Waals surface area contributed by atoms with Gasteiger partial charge in [0.2, 0.25) is 5.91 Å². The van der Waals surface area contributed by atoms with Gasteiger partial charge in [0.25, 0.3) is 0 Å². The van der Waals surface area contributed by atoms with Gasteiger partial charge >= 0.3 is 0 Å². The fraction of sp³-hybridized carbons (Fsp3) is 0.273. The largest absolute Gasteiger partial charge is 0.480 e. The molecule has 4 nitrogen and oxygen atoms in total. The lowest BCUT2D eigenvalue weighted by atomic mass is 9.86. The molecule has 0 saturated carbocycles. The van der Waals surface area contributed by atoms with Crippen LogP contribution in [0.3, 0.4) is 0 Å². The van der Waals surface area contributed by atoms with Gasteiger partial charge in [0.1, 0.15) is 12.4 Å². The molecule has 0 spiro atoms. The highest BCUT2D eigenvalue weighted by molar-refractivity contribution is 9.10. The Kier molecular flexibility index (Phi) is 7.20. The van der Waals surface area contributed by atoms with Crippen LogP contribution >= 0.6 is 15.9 Å². The van der Waals surface area contributed by atoms with E-state index >= 15 is 0 Å². The van der Waals surface area contributed by atoms with E-state index in [0.29, 0.717) is 5.75 Å². The number of terminal acetylenes is 1. The normalized spacial score (nSPS) is 11.2. The van der Waals surface area contributed by atoms with Gasteiger partial charge in [-0.05, 0) is 34.7 Å². The van der Waals surface area contributed by atoms with Crippen LogP contribution in [0.5, 0.6) is 5.75 Å². The quantitative estimate of drug-likeness (QED) is 0.421. The number of nitrogens with one attached hydrogen (secondary N) is 1. The molecule has 2 aromatic rings. The Hall–Kier alpha value is -2.58. The summed E-state index contributed by atoms with van der Waals surface area (Å²) in [7, 11) is 0. The van der Waals surface area contributed by atoms with E-state index in [-0.39, 0.29) is 24.3 Å². The topological polar surface area (TPSA) is 50.7 Å². The Balaban J connectivity index is 1.97. The number of halogens is 1. The minimum atomic E-state index is -0.184. The molecule has 0 aliphatic carbocycles. The highest BCUT2D eigenvalue weighted by atomic mass is 79.9. The number of ether oxygens (including phenoxy) is 1. The van der Waals surface area contributed by atoms with Crippen molar-refractivity contribution in [2.24, 2.45) is 5.10 Å². The number of hydrogen-bond acceptors (Lipinski definition) is 3. The second kappa shape index (κ2) is 9.38. The summed E-state index contributed by atoms with van der Waals surface area (Å²) >= 11 is 3.40. The first-order valence-electron chi connectivity index (χ1n) is 8.57. The number of rotatable bonds is 6. The molecule has 0 saturated heterocycles. The summed E-state index contributed by atoms with van der Waals surface area (Å²) in [6.45, 7) is 6.65. The standard InChI is InChI=1S/C22H23BrN2O2/c1-5-12-27-20-11-10-19(23)14-17(20)15-24-25-21(26)13-16-6-8-18(9-7-16)22(2,3)4/h1,6-11,14-15H,12-13H2,2-4H3,(H,25,26)/b24-15-. The molecule has 5 heteroatoms. The summed E-state index contributed by atoms with van der Waals surface area (Å²) in [5.41, 5.74) is 5.53. The van der Waals surface area contributed by atoms with Crippen LogP contribution in [0.25, 0.3) is 0 Å². The number of nitrogens with zero attached hydrogens (tertiary/aromatic N) is 1. The van der Waals surface area contributed by atoms with Crippen LogP contribution in [0.2, 0.25) is 0 Å². The van der Waals surface area contributed by atoms with Crippen LogP contribution < -0.4 is 10.2 Å². The monoisotopic (exact) mass is 426 g/mol. The van der Waals surface area contributed by atoms with E-state index in [9.17, 15) is 4.79 Å². The van der Waals surface area contributed by atoms with E-state index in [1.807, 2.05) is 24.3 Å². The molecule has 0 bridgehead atoms. The van der Waals surface area contributed by atoms with Crippen LogP contribution in [-0.2, 0) is 16.6 Å². The highest BCUT2D eigenvalue weighted by Gasteiger charge is 2.13. The zero-order valence-corrected chi connectivity index (χ0v) is 17.3. The van der Waals surface area contributed by atoms with Gasteiger partial charge in [0.05, 0.1) is 12.6 Å². The number of carbonyl (C=O) groups is 1. The van der Waals surface area contributed by atoms with E-state index in [2.05, 4.69) is 65.3 Å². The molecule has 0 fully saturated rings. The maximum Gasteiger partial charge on any atom is 0.244 e. The molecular formula is C22H23BrN2O2. The summed E-state index contributed by atoms with van der Waals surface area (Å²) in [6, 6.07) is 13.6. The molecule has 1 amide bonds. The Morgan fingerprint density at radius 2 is 1.96 bits per heavy atom. The second-order valence-corrected chi connectivity index (χ2v) is 8.01. The van der Waals surface area contributed by atoms with Crippen molar-refractivity contribution in [3.05, 3.63) is 63.6 Å². The fourth-order valence-corrected chi connectivity index (χ4v) is 2.77. The molecule has 140 valence electrons. The minimum absolute atomic E-state index is 0.0915. The average Bonchev–Trinajstić information content (AvgIpc) is 2.61. The third kappa shape index (κ3) is 6.58. The van der Waals surface area contributed by atoms with Crippen LogP contribution in [0.15, 0.2) is 52.0 Å². The Morgan fingerprint density at radius 1 is 1.26 bits per heavy atom. The summed E-state index contributed by atoms with van der Waals surface area (Å²) < 4.78 is 6.35. The van der Waals surface area contributed by atoms with Gasteiger partial charge in [0, 0.05) is 10.0 Å². The van der Waals surface area contributed by atoms with Crippen LogP contribution in [-0.4, -0.2) is 18.7 Å². The maximum absolute atomic E-state index is 12.1. The SMILES string of the molecule is C#CCOc1ccc(Br)cc1/C=N\NC(=O)Cc1ccc(C(C)(C)C)cc1. The van der Waals surface area contributed by atoms with Gasteiger partial charge in [-0.1, -0.05) is 66.9 Å². The summed E-state index contributed by atoms with van der Waals surface area (Å²) in [6.07, 6.45) is 7.03. The predicted molar refractivity (Wildman–Crippen MR) is 113 cm³/mol. The van der Waals surface area contributed by atoms with Crippen molar-refractivity contribution < 1.29 is 9.53 Å². The van der Waals surface area contributed by atoms with Gasteiger partial charge in [-0.25, -0.2) is 5.43 Å². The molecule has 27 heavy (non-hydrogen) atoms. The summed E-state index contributed by atoms with van der Waals surface area (Å²) in [5.74, 6) is 2.84. The minimum Gasteiger partial charge on any atom is -0.480 e. The lowest BCUT2D eigenvalue weighted by Gasteiger charge is -2.19. The smallest absolute Gasteiger partial charge is 0.244 e. The van der Waals surface area contributed by atoms with Crippen molar-refractivity contribution in [1.29, 1.82) is 0 Å². The first-order valence-corrected chi connectivity index (χ1v) is 9.36. The first-order chi connectivity index (χ1) is 12.8. The fourth-order valence-electron chi connectivity index (χ4n) is 2.39. The molecular weight excluding hydrogens is 404 g/mol. The zero-order valence-electron chi connectivity index (χ0n) is 15.8. The molecule has 0 aromatic heterocycles. The van der Waals surface area contributed by atoms with Crippen molar-refractivity contribution >= 4 is 28.1 Å². The Morgan fingerprint density at radius 3 is 2.59 bits per heavy atom. The number of benzene rings is 2. The summed E-state index contributed by atoms with van der Waals surface area (Å²) in [5, 5.41) is 4.03. The van der Waals surface area contributed by atoms with Crippen LogP contribution in [0.1, 0.15) is 37.5 Å². The molecule has 0 aliphatic heterocycles. The van der Waals surface area contributed by atoms with Gasteiger partial charge in [-0.2, -0.15) is 5.10 Å². The zero-order chi connectivity index (χ0) is 19.9. The summed E-state index contributed by atoms with van der Waals surface area (Å²) in [4.78, 5) is 12.1. The lowest BCUT2D eigenvalue weighted by molar-refractivity contribution is -0.120. The third-order valence-electron chi connectivity index (χ3n) is 3.86. The molecule has 0 radical (unpaired) electrons. The number of amides is 1. The second-order valence-electron chi connectivity index (χ2n) is 7.09. The Bertz CT molecular complexity index is 859. The molecule has 0 unspecified atom stereocenters. The van der Waals surface area contributed by atoms with Gasteiger partial charge in [-0.3, -0.25) is 4.79 Å². The average molecular weight is 427 g/mol. The number of hydrazone groups is 1. The van der Waals surface area contributed by atoms with Crippen molar-refractivity contribution in [2.75, 3.05) is 6.61 Å². The molecule has 2 aromatic carbocycles. The molecule has 1 N–H and O–H groups in total. The predicted octanol–water partition coefficient (Wildman–Crippen LogP) is 4.45. The van der Waals surface area contributed by atoms with Crippen molar-refractivity contribution in [3.63, 3.8) is 0 Å². The van der Waals surface area contributed by atoms with E-state index in [4.69, 9.17) is 11.2 Å². The molecule has 0 heterocycles.